The van der Waals surface area contributed by atoms with E-state index in [1.807, 2.05) is 29.2 Å². The Kier molecular flexibility index (Phi) is 4.84. The summed E-state index contributed by atoms with van der Waals surface area (Å²) in [5, 5.41) is 10.3. The van der Waals surface area contributed by atoms with Gasteiger partial charge in [-0.3, -0.25) is 9.69 Å². The van der Waals surface area contributed by atoms with E-state index in [1.165, 1.54) is 23.5 Å². The topological polar surface area (TPSA) is 53.4 Å². The molecule has 0 saturated carbocycles. The maximum absolute atomic E-state index is 13.0. The van der Waals surface area contributed by atoms with Gasteiger partial charge in [0, 0.05) is 6.54 Å². The fourth-order valence-electron chi connectivity index (χ4n) is 3.70. The van der Waals surface area contributed by atoms with Crippen molar-refractivity contribution in [2.75, 3.05) is 6.54 Å². The Morgan fingerprint density at radius 3 is 2.54 bits per heavy atom. The first-order valence-corrected chi connectivity index (χ1v) is 9.67. The van der Waals surface area contributed by atoms with E-state index in [2.05, 4.69) is 4.98 Å². The summed E-state index contributed by atoms with van der Waals surface area (Å²) in [7, 11) is 0. The first-order valence-electron chi connectivity index (χ1n) is 8.86. The zero-order valence-corrected chi connectivity index (χ0v) is 15.5. The van der Waals surface area contributed by atoms with Gasteiger partial charge in [0.2, 0.25) is 0 Å². The van der Waals surface area contributed by atoms with Gasteiger partial charge in [-0.15, -0.1) is 11.3 Å². The molecule has 0 spiro atoms. The first kappa shape index (κ1) is 18.9. The predicted molar refractivity (Wildman–Crippen MR) is 100 cm³/mol. The molecule has 1 aliphatic heterocycles. The number of carboxylic acids is 1. The van der Waals surface area contributed by atoms with Crippen molar-refractivity contribution in [1.29, 1.82) is 0 Å². The summed E-state index contributed by atoms with van der Waals surface area (Å²) in [5.74, 6) is -0.921. The summed E-state index contributed by atoms with van der Waals surface area (Å²) >= 11 is 1.44. The van der Waals surface area contributed by atoms with Crippen LogP contribution in [0.5, 0.6) is 0 Å². The van der Waals surface area contributed by atoms with Gasteiger partial charge in [-0.2, -0.15) is 13.2 Å². The molecular weight excluding hydrogens is 389 g/mol. The number of carboxylic acid groups (broad SMARTS) is 1. The maximum atomic E-state index is 13.0. The molecule has 8 heteroatoms. The number of aliphatic carboxylic acids is 1. The summed E-state index contributed by atoms with van der Waals surface area (Å²) in [4.78, 5) is 18.2. The van der Waals surface area contributed by atoms with Crippen LogP contribution in [0.1, 0.15) is 35.0 Å². The van der Waals surface area contributed by atoms with Crippen molar-refractivity contribution in [2.24, 2.45) is 0 Å². The van der Waals surface area contributed by atoms with Gasteiger partial charge in [0.05, 0.1) is 21.8 Å². The van der Waals surface area contributed by atoms with Gasteiger partial charge >= 0.3 is 12.1 Å². The van der Waals surface area contributed by atoms with Crippen LogP contribution in [0.25, 0.3) is 10.2 Å². The highest BCUT2D eigenvalue weighted by atomic mass is 32.1. The van der Waals surface area contributed by atoms with Crippen molar-refractivity contribution in [3.05, 3.63) is 64.7 Å². The largest absolute Gasteiger partial charge is 0.480 e. The minimum atomic E-state index is -4.42. The highest BCUT2D eigenvalue weighted by molar-refractivity contribution is 7.18. The monoisotopic (exact) mass is 406 g/mol. The van der Waals surface area contributed by atoms with Gasteiger partial charge in [-0.05, 0) is 42.7 Å². The SMILES string of the molecule is O=C(O)C1CCCN1C(c1ccc(C(F)(F)F)cc1)c1nc2ccccc2s1. The number of likely N-dealkylation sites (tertiary alicyclic amines) is 1. The standard InChI is InChI=1S/C20H17F3N2O2S/c21-20(22,23)13-9-7-12(8-10-13)17(25-11-3-5-15(25)19(26)27)18-24-14-4-1-2-6-16(14)28-18/h1-2,4,6-10,15,17H,3,5,11H2,(H,26,27). The number of fused-ring (bicyclic) bond motifs is 1. The van der Waals surface area contributed by atoms with Gasteiger partial charge in [0.1, 0.15) is 11.0 Å². The minimum Gasteiger partial charge on any atom is -0.480 e. The van der Waals surface area contributed by atoms with Gasteiger partial charge in [-0.25, -0.2) is 4.98 Å². The van der Waals surface area contributed by atoms with Crippen LogP contribution >= 0.6 is 11.3 Å². The molecular formula is C20H17F3N2O2S. The van der Waals surface area contributed by atoms with Gasteiger partial charge in [0.15, 0.2) is 0 Å². The van der Waals surface area contributed by atoms with Crippen molar-refractivity contribution in [3.63, 3.8) is 0 Å². The van der Waals surface area contributed by atoms with E-state index in [1.54, 1.807) is 0 Å². The van der Waals surface area contributed by atoms with Crippen molar-refractivity contribution in [1.82, 2.24) is 9.88 Å². The number of carbonyl (C=O) groups is 1. The number of para-hydroxylation sites is 1. The molecule has 3 aromatic rings. The Hall–Kier alpha value is -2.45. The second kappa shape index (κ2) is 7.18. The Morgan fingerprint density at radius 1 is 1.18 bits per heavy atom. The number of nitrogens with zero attached hydrogens (tertiary/aromatic N) is 2. The lowest BCUT2D eigenvalue weighted by Gasteiger charge is -2.30. The van der Waals surface area contributed by atoms with Crippen molar-refractivity contribution < 1.29 is 23.1 Å². The van der Waals surface area contributed by atoms with Crippen molar-refractivity contribution in [2.45, 2.75) is 31.1 Å². The number of alkyl halides is 3. The van der Waals surface area contributed by atoms with Crippen LogP contribution in [0.15, 0.2) is 48.5 Å². The van der Waals surface area contributed by atoms with Crippen molar-refractivity contribution in [3.8, 4) is 0 Å². The minimum absolute atomic E-state index is 0.497. The van der Waals surface area contributed by atoms with E-state index in [-0.39, 0.29) is 0 Å². The molecule has 2 aromatic carbocycles. The van der Waals surface area contributed by atoms with Gasteiger partial charge in [0.25, 0.3) is 0 Å². The molecule has 1 aromatic heterocycles. The molecule has 2 unspecified atom stereocenters. The second-order valence-electron chi connectivity index (χ2n) is 6.78. The van der Waals surface area contributed by atoms with E-state index in [0.717, 1.165) is 28.8 Å². The predicted octanol–water partition coefficient (Wildman–Crippen LogP) is 4.95. The summed E-state index contributed by atoms with van der Waals surface area (Å²) in [5.41, 5.74) is 0.682. The number of thiazole rings is 1. The molecule has 1 saturated heterocycles. The van der Waals surface area contributed by atoms with E-state index < -0.39 is 29.8 Å². The van der Waals surface area contributed by atoms with Crippen LogP contribution in [0.3, 0.4) is 0 Å². The molecule has 0 bridgehead atoms. The number of benzene rings is 2. The van der Waals surface area contributed by atoms with Crippen LogP contribution in [-0.4, -0.2) is 33.5 Å². The van der Waals surface area contributed by atoms with Crippen LogP contribution in [0.2, 0.25) is 0 Å². The normalized spacial score (nSPS) is 19.2. The molecule has 146 valence electrons. The zero-order chi connectivity index (χ0) is 19.9. The Balaban J connectivity index is 1.80. The Labute approximate surface area is 163 Å². The summed E-state index contributed by atoms with van der Waals surface area (Å²) in [6.07, 6.45) is -3.18. The highest BCUT2D eigenvalue weighted by Gasteiger charge is 2.38. The number of rotatable bonds is 4. The molecule has 0 radical (unpaired) electrons. The fourth-order valence-corrected chi connectivity index (χ4v) is 4.82. The second-order valence-corrected chi connectivity index (χ2v) is 7.84. The fraction of sp³-hybridized carbons (Fsp3) is 0.300. The molecule has 0 amide bonds. The van der Waals surface area contributed by atoms with E-state index in [4.69, 9.17) is 0 Å². The van der Waals surface area contributed by atoms with E-state index in [9.17, 15) is 23.1 Å². The average Bonchev–Trinajstić information content (AvgIpc) is 3.29. The molecule has 4 rings (SSSR count). The molecule has 1 N–H and O–H groups in total. The van der Waals surface area contributed by atoms with Crippen LogP contribution < -0.4 is 0 Å². The van der Waals surface area contributed by atoms with Crippen LogP contribution in [0.4, 0.5) is 13.2 Å². The smallest absolute Gasteiger partial charge is 0.416 e. The number of hydrogen-bond acceptors (Lipinski definition) is 4. The highest BCUT2D eigenvalue weighted by Crippen LogP contribution is 2.39. The molecule has 4 nitrogen and oxygen atoms in total. The molecule has 1 aliphatic rings. The zero-order valence-electron chi connectivity index (χ0n) is 14.7. The molecule has 28 heavy (non-hydrogen) atoms. The van der Waals surface area contributed by atoms with Crippen molar-refractivity contribution >= 4 is 27.5 Å². The first-order chi connectivity index (χ1) is 13.3. The lowest BCUT2D eigenvalue weighted by molar-refractivity contribution is -0.142. The van der Waals surface area contributed by atoms with E-state index in [0.29, 0.717) is 23.5 Å². The quantitative estimate of drug-likeness (QED) is 0.666. The lowest BCUT2D eigenvalue weighted by atomic mass is 10.0. The average molecular weight is 406 g/mol. The molecule has 1 fully saturated rings. The third kappa shape index (κ3) is 3.49. The van der Waals surface area contributed by atoms with Gasteiger partial charge < -0.3 is 5.11 Å². The maximum Gasteiger partial charge on any atom is 0.416 e. The summed E-state index contributed by atoms with van der Waals surface area (Å²) < 4.78 is 39.8. The lowest BCUT2D eigenvalue weighted by Crippen LogP contribution is -2.39. The molecule has 2 heterocycles. The Morgan fingerprint density at radius 2 is 1.89 bits per heavy atom. The third-order valence-electron chi connectivity index (χ3n) is 5.01. The number of halogens is 3. The number of hydrogen-bond donors (Lipinski definition) is 1. The van der Waals surface area contributed by atoms with E-state index >= 15 is 0 Å². The van der Waals surface area contributed by atoms with Crippen LogP contribution in [0, 0.1) is 0 Å². The summed E-state index contributed by atoms with van der Waals surface area (Å²) in [6.45, 7) is 0.554. The number of aromatic nitrogens is 1. The Bertz CT molecular complexity index is 968. The molecule has 2 atom stereocenters. The third-order valence-corrected chi connectivity index (χ3v) is 6.10. The van der Waals surface area contributed by atoms with Crippen LogP contribution in [-0.2, 0) is 11.0 Å². The van der Waals surface area contributed by atoms with Gasteiger partial charge in [-0.1, -0.05) is 24.3 Å². The summed E-state index contributed by atoms with van der Waals surface area (Å²) in [6, 6.07) is 11.3. The molecule has 0 aliphatic carbocycles.